The van der Waals surface area contributed by atoms with Crippen molar-refractivity contribution in [2.24, 2.45) is 5.73 Å². The van der Waals surface area contributed by atoms with E-state index in [1.165, 1.54) is 19.2 Å². The summed E-state index contributed by atoms with van der Waals surface area (Å²) in [5.41, 5.74) is 5.42. The molecule has 0 atom stereocenters. The van der Waals surface area contributed by atoms with Crippen LogP contribution < -0.4 is 20.5 Å². The Labute approximate surface area is 105 Å². The highest BCUT2D eigenvalue weighted by Crippen LogP contribution is 2.24. The van der Waals surface area contributed by atoms with Gasteiger partial charge in [0.15, 0.2) is 6.61 Å². The van der Waals surface area contributed by atoms with Crippen molar-refractivity contribution >= 4 is 11.8 Å². The Morgan fingerprint density at radius 3 is 2.67 bits per heavy atom. The summed E-state index contributed by atoms with van der Waals surface area (Å²) in [4.78, 5) is 22.5. The van der Waals surface area contributed by atoms with Gasteiger partial charge in [-0.25, -0.2) is 0 Å². The molecule has 0 saturated carbocycles. The van der Waals surface area contributed by atoms with E-state index in [1.54, 1.807) is 13.0 Å². The Balaban J connectivity index is 2.84. The first-order chi connectivity index (χ1) is 8.58. The van der Waals surface area contributed by atoms with Gasteiger partial charge in [-0.05, 0) is 19.1 Å². The quantitative estimate of drug-likeness (QED) is 0.762. The molecule has 1 aromatic rings. The molecule has 0 spiro atoms. The lowest BCUT2D eigenvalue weighted by molar-refractivity contribution is -0.123. The maximum absolute atomic E-state index is 11.3. The summed E-state index contributed by atoms with van der Waals surface area (Å²) in [6.45, 7) is 2.14. The molecule has 98 valence electrons. The van der Waals surface area contributed by atoms with Crippen LogP contribution in [-0.4, -0.2) is 32.1 Å². The van der Waals surface area contributed by atoms with Crippen LogP contribution in [0.5, 0.6) is 11.5 Å². The number of hydrogen-bond donors (Lipinski definition) is 2. The van der Waals surface area contributed by atoms with Crippen LogP contribution in [0.25, 0.3) is 0 Å². The summed E-state index contributed by atoms with van der Waals surface area (Å²) in [5, 5.41) is 2.58. The highest BCUT2D eigenvalue weighted by atomic mass is 16.5. The molecular formula is C12H16N2O4. The van der Waals surface area contributed by atoms with Gasteiger partial charge in [0.05, 0.1) is 12.7 Å². The summed E-state index contributed by atoms with van der Waals surface area (Å²) >= 11 is 0. The number of amides is 2. The molecule has 0 aliphatic carbocycles. The standard InChI is InChI=1S/C12H16N2O4/c1-3-14-11(15)7-18-10-6-8(17-2)4-5-9(10)12(13)16/h4-6H,3,7H2,1-2H3,(H2,13,16)(H,14,15). The number of benzene rings is 1. The molecule has 2 amide bonds. The number of rotatable bonds is 6. The Hall–Kier alpha value is -2.24. The van der Waals surface area contributed by atoms with E-state index in [9.17, 15) is 9.59 Å². The second-order valence-electron chi connectivity index (χ2n) is 3.47. The van der Waals surface area contributed by atoms with Crippen molar-refractivity contribution in [1.29, 1.82) is 0 Å². The first-order valence-corrected chi connectivity index (χ1v) is 5.45. The molecule has 0 aliphatic heterocycles. The summed E-state index contributed by atoms with van der Waals surface area (Å²) in [5.74, 6) is -0.140. The minimum absolute atomic E-state index is 0.179. The molecule has 1 rings (SSSR count). The highest BCUT2D eigenvalue weighted by molar-refractivity contribution is 5.96. The summed E-state index contributed by atoms with van der Waals surface area (Å²) in [7, 11) is 1.49. The minimum Gasteiger partial charge on any atom is -0.497 e. The van der Waals surface area contributed by atoms with E-state index in [4.69, 9.17) is 15.2 Å². The van der Waals surface area contributed by atoms with E-state index in [-0.39, 0.29) is 23.8 Å². The maximum Gasteiger partial charge on any atom is 0.257 e. The third-order valence-corrected chi connectivity index (χ3v) is 2.19. The van der Waals surface area contributed by atoms with Crippen LogP contribution >= 0.6 is 0 Å². The second-order valence-corrected chi connectivity index (χ2v) is 3.47. The third-order valence-electron chi connectivity index (χ3n) is 2.19. The van der Waals surface area contributed by atoms with Crippen LogP contribution in [0, 0.1) is 0 Å². The monoisotopic (exact) mass is 252 g/mol. The van der Waals surface area contributed by atoms with E-state index in [0.717, 1.165) is 0 Å². The van der Waals surface area contributed by atoms with Crippen molar-refractivity contribution in [2.75, 3.05) is 20.3 Å². The van der Waals surface area contributed by atoms with E-state index in [2.05, 4.69) is 5.32 Å². The van der Waals surface area contributed by atoms with Gasteiger partial charge in [0, 0.05) is 12.6 Å². The summed E-state index contributed by atoms with van der Waals surface area (Å²) in [6.07, 6.45) is 0. The molecule has 0 heterocycles. The van der Waals surface area contributed by atoms with Crippen molar-refractivity contribution in [3.63, 3.8) is 0 Å². The van der Waals surface area contributed by atoms with Crippen molar-refractivity contribution in [1.82, 2.24) is 5.32 Å². The fraction of sp³-hybridized carbons (Fsp3) is 0.333. The topological polar surface area (TPSA) is 90.7 Å². The number of hydrogen-bond acceptors (Lipinski definition) is 4. The molecule has 1 aromatic carbocycles. The number of methoxy groups -OCH3 is 1. The maximum atomic E-state index is 11.3. The number of nitrogens with two attached hydrogens (primary N) is 1. The van der Waals surface area contributed by atoms with Gasteiger partial charge in [-0.2, -0.15) is 0 Å². The summed E-state index contributed by atoms with van der Waals surface area (Å²) < 4.78 is 10.3. The van der Waals surface area contributed by atoms with Gasteiger partial charge in [0.1, 0.15) is 11.5 Å². The summed E-state index contributed by atoms with van der Waals surface area (Å²) in [6, 6.07) is 4.60. The molecule has 18 heavy (non-hydrogen) atoms. The van der Waals surface area contributed by atoms with Crippen molar-refractivity contribution in [3.8, 4) is 11.5 Å². The van der Waals surface area contributed by atoms with Gasteiger partial charge >= 0.3 is 0 Å². The first kappa shape index (κ1) is 13.8. The molecule has 0 radical (unpaired) electrons. The number of carbonyl (C=O) groups excluding carboxylic acids is 2. The lowest BCUT2D eigenvalue weighted by atomic mass is 10.2. The highest BCUT2D eigenvalue weighted by Gasteiger charge is 2.12. The Morgan fingerprint density at radius 2 is 2.11 bits per heavy atom. The van der Waals surface area contributed by atoms with Crippen LogP contribution in [0.1, 0.15) is 17.3 Å². The molecule has 0 aromatic heterocycles. The van der Waals surface area contributed by atoms with Crippen LogP contribution in [0.2, 0.25) is 0 Å². The molecule has 6 heteroatoms. The molecule has 0 unspecified atom stereocenters. The fourth-order valence-corrected chi connectivity index (χ4v) is 1.34. The van der Waals surface area contributed by atoms with Crippen molar-refractivity contribution in [3.05, 3.63) is 23.8 Å². The number of carbonyl (C=O) groups is 2. The predicted molar refractivity (Wildman–Crippen MR) is 65.7 cm³/mol. The number of nitrogens with one attached hydrogen (secondary N) is 1. The average molecular weight is 252 g/mol. The zero-order valence-corrected chi connectivity index (χ0v) is 10.4. The van der Waals surface area contributed by atoms with Gasteiger partial charge in [-0.1, -0.05) is 0 Å². The molecule has 0 fully saturated rings. The van der Waals surface area contributed by atoms with Crippen LogP contribution in [-0.2, 0) is 4.79 Å². The lowest BCUT2D eigenvalue weighted by Crippen LogP contribution is -2.28. The van der Waals surface area contributed by atoms with E-state index in [1.807, 2.05) is 0 Å². The van der Waals surface area contributed by atoms with E-state index >= 15 is 0 Å². The lowest BCUT2D eigenvalue weighted by Gasteiger charge is -2.10. The second kappa shape index (κ2) is 6.48. The van der Waals surface area contributed by atoms with Gasteiger partial charge in [-0.3, -0.25) is 9.59 Å². The van der Waals surface area contributed by atoms with Gasteiger partial charge in [0.2, 0.25) is 0 Å². The number of primary amides is 1. The molecule has 6 nitrogen and oxygen atoms in total. The van der Waals surface area contributed by atoms with Crippen LogP contribution in [0.15, 0.2) is 18.2 Å². The Bertz CT molecular complexity index is 446. The average Bonchev–Trinajstić information content (AvgIpc) is 2.36. The number of ether oxygens (including phenoxy) is 2. The minimum atomic E-state index is -0.622. The molecule has 0 aliphatic rings. The predicted octanol–water partition coefficient (Wildman–Crippen LogP) is 0.309. The largest absolute Gasteiger partial charge is 0.497 e. The molecule has 0 bridgehead atoms. The van der Waals surface area contributed by atoms with E-state index < -0.39 is 5.91 Å². The Kier molecular flexibility index (Phi) is 4.98. The van der Waals surface area contributed by atoms with Crippen molar-refractivity contribution < 1.29 is 19.1 Å². The normalized spacial score (nSPS) is 9.67. The molecule has 3 N–H and O–H groups in total. The van der Waals surface area contributed by atoms with Gasteiger partial charge in [0.25, 0.3) is 11.8 Å². The fourth-order valence-electron chi connectivity index (χ4n) is 1.34. The third kappa shape index (κ3) is 3.65. The van der Waals surface area contributed by atoms with Gasteiger partial charge < -0.3 is 20.5 Å². The van der Waals surface area contributed by atoms with Crippen LogP contribution in [0.3, 0.4) is 0 Å². The SMILES string of the molecule is CCNC(=O)COc1cc(OC)ccc1C(N)=O. The Morgan fingerprint density at radius 1 is 1.39 bits per heavy atom. The van der Waals surface area contributed by atoms with Crippen LogP contribution in [0.4, 0.5) is 0 Å². The molecular weight excluding hydrogens is 236 g/mol. The molecule has 0 saturated heterocycles. The van der Waals surface area contributed by atoms with Gasteiger partial charge in [-0.15, -0.1) is 0 Å². The van der Waals surface area contributed by atoms with E-state index in [0.29, 0.717) is 12.3 Å². The zero-order chi connectivity index (χ0) is 13.5. The first-order valence-electron chi connectivity index (χ1n) is 5.45. The zero-order valence-electron chi connectivity index (χ0n) is 10.4. The smallest absolute Gasteiger partial charge is 0.257 e. The number of likely N-dealkylation sites (N-methyl/N-ethyl adjacent to an activating group) is 1. The van der Waals surface area contributed by atoms with Crippen molar-refractivity contribution in [2.45, 2.75) is 6.92 Å².